The van der Waals surface area contributed by atoms with Gasteiger partial charge in [0.15, 0.2) is 5.69 Å². The molecule has 0 bridgehead atoms. The quantitative estimate of drug-likeness (QED) is 0.693. The minimum Gasteiger partial charge on any atom is -0.383 e. The Morgan fingerprint density at radius 1 is 1.14 bits per heavy atom. The summed E-state index contributed by atoms with van der Waals surface area (Å²) in [5.41, 5.74) is 5.91. The maximum Gasteiger partial charge on any atom is 0.435 e. The van der Waals surface area contributed by atoms with E-state index in [1.807, 2.05) is 0 Å². The summed E-state index contributed by atoms with van der Waals surface area (Å²) in [4.78, 5) is 16.3. The summed E-state index contributed by atoms with van der Waals surface area (Å²) in [6, 6.07) is 12.2. The molecule has 2 heterocycles. The van der Waals surface area contributed by atoms with E-state index in [1.54, 1.807) is 44.2 Å². The van der Waals surface area contributed by atoms with Crippen LogP contribution in [0.25, 0.3) is 11.3 Å². The Labute approximate surface area is 159 Å². The predicted octanol–water partition coefficient (Wildman–Crippen LogP) is 4.38. The molecule has 0 fully saturated rings. The second-order valence-electron chi connectivity index (χ2n) is 6.40. The first-order chi connectivity index (χ1) is 13.2. The Morgan fingerprint density at radius 3 is 2.39 bits per heavy atom. The van der Waals surface area contributed by atoms with Crippen LogP contribution in [0, 0.1) is 0 Å². The molecule has 0 aliphatic heterocycles. The molecule has 0 saturated heterocycles. The molecule has 28 heavy (non-hydrogen) atoms. The second kappa shape index (κ2) is 7.34. The van der Waals surface area contributed by atoms with E-state index >= 15 is 0 Å². The molecule has 3 N–H and O–H groups in total. The number of hydrogen-bond donors (Lipinski definition) is 2. The number of amides is 1. The van der Waals surface area contributed by atoms with Crippen molar-refractivity contribution in [1.82, 2.24) is 14.8 Å². The lowest BCUT2D eigenvalue weighted by molar-refractivity contribution is -0.141. The van der Waals surface area contributed by atoms with Gasteiger partial charge in [-0.15, -0.1) is 0 Å². The number of benzene rings is 1. The van der Waals surface area contributed by atoms with Crippen molar-refractivity contribution in [2.75, 3.05) is 11.1 Å². The highest BCUT2D eigenvalue weighted by Crippen LogP contribution is 2.35. The number of nitrogens with one attached hydrogen (secondary N) is 1. The molecule has 0 unspecified atom stereocenters. The van der Waals surface area contributed by atoms with Crippen molar-refractivity contribution < 1.29 is 18.0 Å². The smallest absolute Gasteiger partial charge is 0.383 e. The third-order valence-corrected chi connectivity index (χ3v) is 3.99. The number of nitrogen functional groups attached to an aromatic ring is 1. The summed E-state index contributed by atoms with van der Waals surface area (Å²) < 4.78 is 40.4. The van der Waals surface area contributed by atoms with E-state index in [2.05, 4.69) is 15.4 Å². The lowest BCUT2D eigenvalue weighted by Gasteiger charge is -2.13. The summed E-state index contributed by atoms with van der Waals surface area (Å²) >= 11 is 0. The van der Waals surface area contributed by atoms with Crippen LogP contribution in [0.3, 0.4) is 0 Å². The molecule has 0 aliphatic rings. The Balaban J connectivity index is 1.93. The molecular weight excluding hydrogens is 371 g/mol. The van der Waals surface area contributed by atoms with E-state index in [0.717, 1.165) is 6.07 Å². The maximum atomic E-state index is 13.1. The molecule has 1 aromatic carbocycles. The standard InChI is InChI=1S/C19H18F3N5O/c1-11(2)27-14(10-15(26-27)19(20,21)22)13-8-9-16(24-17(13)23)25-18(28)12-6-4-3-5-7-12/h3-11H,1-2H3,(H3,23,24,25,28). The van der Waals surface area contributed by atoms with Crippen molar-refractivity contribution in [3.8, 4) is 11.3 Å². The number of aromatic nitrogens is 3. The van der Waals surface area contributed by atoms with Gasteiger partial charge < -0.3 is 11.1 Å². The highest BCUT2D eigenvalue weighted by atomic mass is 19.4. The average Bonchev–Trinajstić information content (AvgIpc) is 3.08. The van der Waals surface area contributed by atoms with Gasteiger partial charge >= 0.3 is 6.18 Å². The monoisotopic (exact) mass is 389 g/mol. The summed E-state index contributed by atoms with van der Waals surface area (Å²) in [6.07, 6.45) is -4.57. The average molecular weight is 389 g/mol. The van der Waals surface area contributed by atoms with Crippen LogP contribution < -0.4 is 11.1 Å². The maximum absolute atomic E-state index is 13.1. The summed E-state index contributed by atoms with van der Waals surface area (Å²) in [7, 11) is 0. The van der Waals surface area contributed by atoms with E-state index in [0.29, 0.717) is 11.1 Å². The number of alkyl halides is 3. The summed E-state index contributed by atoms with van der Waals surface area (Å²) in [5.74, 6) is -0.185. The fourth-order valence-electron chi connectivity index (χ4n) is 2.67. The zero-order valence-corrected chi connectivity index (χ0v) is 15.2. The number of nitrogens with zero attached hydrogens (tertiary/aromatic N) is 3. The number of anilines is 2. The fraction of sp³-hybridized carbons (Fsp3) is 0.211. The summed E-state index contributed by atoms with van der Waals surface area (Å²) in [5, 5.41) is 6.26. The Bertz CT molecular complexity index is 997. The third-order valence-electron chi connectivity index (χ3n) is 3.99. The molecule has 3 aromatic rings. The van der Waals surface area contributed by atoms with Gasteiger partial charge in [-0.3, -0.25) is 9.48 Å². The highest BCUT2D eigenvalue weighted by Gasteiger charge is 2.35. The first-order valence-corrected chi connectivity index (χ1v) is 8.47. The molecule has 3 rings (SSSR count). The van der Waals surface area contributed by atoms with E-state index in [9.17, 15) is 18.0 Å². The van der Waals surface area contributed by atoms with Crippen molar-refractivity contribution in [1.29, 1.82) is 0 Å². The molecule has 0 saturated carbocycles. The lowest BCUT2D eigenvalue weighted by atomic mass is 10.1. The topological polar surface area (TPSA) is 85.8 Å². The molecule has 2 aromatic heterocycles. The minimum absolute atomic E-state index is 0.0126. The van der Waals surface area contributed by atoms with Crippen molar-refractivity contribution in [2.45, 2.75) is 26.1 Å². The van der Waals surface area contributed by atoms with Crippen LogP contribution in [0.4, 0.5) is 24.8 Å². The van der Waals surface area contributed by atoms with Gasteiger partial charge in [0, 0.05) is 17.2 Å². The van der Waals surface area contributed by atoms with Gasteiger partial charge in [-0.2, -0.15) is 18.3 Å². The van der Waals surface area contributed by atoms with Gasteiger partial charge in [-0.25, -0.2) is 4.98 Å². The van der Waals surface area contributed by atoms with Crippen LogP contribution in [-0.2, 0) is 6.18 Å². The van der Waals surface area contributed by atoms with E-state index in [-0.39, 0.29) is 29.3 Å². The van der Waals surface area contributed by atoms with Crippen LogP contribution in [0.2, 0.25) is 0 Å². The van der Waals surface area contributed by atoms with E-state index < -0.39 is 11.9 Å². The molecule has 6 nitrogen and oxygen atoms in total. The Morgan fingerprint density at radius 2 is 1.82 bits per heavy atom. The van der Waals surface area contributed by atoms with Crippen LogP contribution >= 0.6 is 0 Å². The van der Waals surface area contributed by atoms with Gasteiger partial charge in [0.2, 0.25) is 0 Å². The second-order valence-corrected chi connectivity index (χ2v) is 6.40. The van der Waals surface area contributed by atoms with Crippen molar-refractivity contribution in [3.63, 3.8) is 0 Å². The molecule has 0 atom stereocenters. The number of halogens is 3. The Hall–Kier alpha value is -3.36. The van der Waals surface area contributed by atoms with Gasteiger partial charge in [-0.05, 0) is 44.2 Å². The van der Waals surface area contributed by atoms with Crippen molar-refractivity contribution in [3.05, 3.63) is 59.8 Å². The molecule has 146 valence electrons. The van der Waals surface area contributed by atoms with Crippen molar-refractivity contribution in [2.24, 2.45) is 0 Å². The minimum atomic E-state index is -4.57. The summed E-state index contributed by atoms with van der Waals surface area (Å²) in [6.45, 7) is 3.43. The van der Waals surface area contributed by atoms with Gasteiger partial charge in [0.25, 0.3) is 5.91 Å². The van der Waals surface area contributed by atoms with Crippen LogP contribution in [0.15, 0.2) is 48.5 Å². The first-order valence-electron chi connectivity index (χ1n) is 8.47. The largest absolute Gasteiger partial charge is 0.435 e. The van der Waals surface area contributed by atoms with Gasteiger partial charge in [-0.1, -0.05) is 18.2 Å². The predicted molar refractivity (Wildman–Crippen MR) is 99.7 cm³/mol. The van der Waals surface area contributed by atoms with Crippen molar-refractivity contribution >= 4 is 17.5 Å². The fourth-order valence-corrected chi connectivity index (χ4v) is 2.67. The number of nitrogens with two attached hydrogens (primary N) is 1. The normalized spacial score (nSPS) is 11.6. The number of hydrogen-bond acceptors (Lipinski definition) is 4. The number of carbonyl (C=O) groups excluding carboxylic acids is 1. The zero-order chi connectivity index (χ0) is 20.5. The third kappa shape index (κ3) is 3.98. The van der Waals surface area contributed by atoms with Gasteiger partial charge in [0.1, 0.15) is 11.6 Å². The Kier molecular flexibility index (Phi) is 5.08. The van der Waals surface area contributed by atoms with Crippen LogP contribution in [0.1, 0.15) is 35.9 Å². The molecular formula is C19H18F3N5O. The molecule has 9 heteroatoms. The lowest BCUT2D eigenvalue weighted by Crippen LogP contribution is -2.13. The molecule has 0 aliphatic carbocycles. The number of pyridine rings is 1. The number of carbonyl (C=O) groups is 1. The molecule has 0 spiro atoms. The molecule has 0 radical (unpaired) electrons. The first kappa shape index (κ1) is 19.4. The zero-order valence-electron chi connectivity index (χ0n) is 15.2. The van der Waals surface area contributed by atoms with Crippen LogP contribution in [0.5, 0.6) is 0 Å². The van der Waals surface area contributed by atoms with E-state index in [4.69, 9.17) is 5.73 Å². The van der Waals surface area contributed by atoms with Gasteiger partial charge in [0.05, 0.1) is 5.69 Å². The number of rotatable bonds is 4. The van der Waals surface area contributed by atoms with Crippen LogP contribution in [-0.4, -0.2) is 20.7 Å². The highest BCUT2D eigenvalue weighted by molar-refractivity contribution is 6.03. The SMILES string of the molecule is CC(C)n1nc(C(F)(F)F)cc1-c1ccc(NC(=O)c2ccccc2)nc1N. The van der Waals surface area contributed by atoms with E-state index in [1.165, 1.54) is 16.8 Å². The molecule has 1 amide bonds.